The number of nitrogens with one attached hydrogen (secondary N) is 2. The van der Waals surface area contributed by atoms with Crippen molar-refractivity contribution in [2.75, 3.05) is 13.1 Å². The zero-order valence-electron chi connectivity index (χ0n) is 13.9. The standard InChI is InChI=1S/C17H20FN3OS.2ClH/c1-11-16(17(22)21-14-6-8-19-9-7-14)23-15(20-11)10-12-2-4-13(18)5-3-12;;/h2-5,14,19H,6-10H2,1H3,(H,21,22);2*1H. The molecule has 3 rings (SSSR count). The lowest BCUT2D eigenvalue weighted by Crippen LogP contribution is -2.42. The van der Waals surface area contributed by atoms with Gasteiger partial charge in [0.25, 0.3) is 5.91 Å². The normalized spacial score (nSPS) is 14.3. The molecule has 4 nitrogen and oxygen atoms in total. The van der Waals surface area contributed by atoms with Crippen LogP contribution in [0.4, 0.5) is 4.39 Å². The molecule has 1 aliphatic rings. The highest BCUT2D eigenvalue weighted by Crippen LogP contribution is 2.21. The van der Waals surface area contributed by atoms with Crippen LogP contribution in [0.25, 0.3) is 0 Å². The predicted octanol–water partition coefficient (Wildman–Crippen LogP) is 3.51. The van der Waals surface area contributed by atoms with Crippen molar-refractivity contribution in [1.29, 1.82) is 0 Å². The van der Waals surface area contributed by atoms with E-state index in [1.54, 1.807) is 12.1 Å². The van der Waals surface area contributed by atoms with Crippen LogP contribution in [0.3, 0.4) is 0 Å². The van der Waals surface area contributed by atoms with Crippen molar-refractivity contribution in [3.63, 3.8) is 0 Å². The van der Waals surface area contributed by atoms with E-state index in [4.69, 9.17) is 0 Å². The molecule has 25 heavy (non-hydrogen) atoms. The number of benzene rings is 1. The van der Waals surface area contributed by atoms with Crippen molar-refractivity contribution in [3.8, 4) is 0 Å². The molecule has 0 aliphatic carbocycles. The minimum Gasteiger partial charge on any atom is -0.348 e. The molecule has 1 aliphatic heterocycles. The molecule has 0 saturated carbocycles. The number of carbonyl (C=O) groups excluding carboxylic acids is 1. The molecule has 1 aromatic heterocycles. The predicted molar refractivity (Wildman–Crippen MR) is 104 cm³/mol. The molecule has 8 heteroatoms. The lowest BCUT2D eigenvalue weighted by Gasteiger charge is -2.23. The van der Waals surface area contributed by atoms with Gasteiger partial charge in [0.05, 0.1) is 10.7 Å². The van der Waals surface area contributed by atoms with Gasteiger partial charge in [-0.05, 0) is 50.6 Å². The Labute approximate surface area is 163 Å². The Morgan fingerprint density at radius 1 is 1.28 bits per heavy atom. The third-order valence-electron chi connectivity index (χ3n) is 3.99. The Balaban J connectivity index is 0.00000156. The molecule has 138 valence electrons. The van der Waals surface area contributed by atoms with Crippen molar-refractivity contribution < 1.29 is 9.18 Å². The molecule has 2 N–H and O–H groups in total. The van der Waals surface area contributed by atoms with Crippen LogP contribution in [-0.4, -0.2) is 30.0 Å². The van der Waals surface area contributed by atoms with Crippen LogP contribution in [0, 0.1) is 12.7 Å². The summed E-state index contributed by atoms with van der Waals surface area (Å²) in [6.45, 7) is 3.76. The van der Waals surface area contributed by atoms with Gasteiger partial charge in [-0.1, -0.05) is 12.1 Å². The first-order chi connectivity index (χ1) is 11.1. The topological polar surface area (TPSA) is 54.0 Å². The van der Waals surface area contributed by atoms with Gasteiger partial charge in [-0.2, -0.15) is 0 Å². The average Bonchev–Trinajstić information content (AvgIpc) is 2.91. The average molecular weight is 406 g/mol. The number of aryl methyl sites for hydroxylation is 1. The maximum absolute atomic E-state index is 13.0. The molecule has 0 atom stereocenters. The number of aromatic nitrogens is 1. The van der Waals surface area contributed by atoms with E-state index in [1.165, 1.54) is 23.5 Å². The molecule has 0 radical (unpaired) electrons. The second-order valence-corrected chi connectivity index (χ2v) is 6.91. The van der Waals surface area contributed by atoms with Crippen LogP contribution in [0.5, 0.6) is 0 Å². The monoisotopic (exact) mass is 405 g/mol. The summed E-state index contributed by atoms with van der Waals surface area (Å²) >= 11 is 1.42. The zero-order valence-corrected chi connectivity index (χ0v) is 16.3. The van der Waals surface area contributed by atoms with Gasteiger partial charge < -0.3 is 10.6 Å². The van der Waals surface area contributed by atoms with E-state index >= 15 is 0 Å². The number of hydrogen-bond donors (Lipinski definition) is 2. The van der Waals surface area contributed by atoms with Crippen molar-refractivity contribution in [3.05, 3.63) is 51.2 Å². The van der Waals surface area contributed by atoms with Gasteiger partial charge in [0.15, 0.2) is 0 Å². The lowest BCUT2D eigenvalue weighted by atomic mass is 10.1. The molecule has 1 amide bonds. The number of hydrogen-bond acceptors (Lipinski definition) is 4. The maximum Gasteiger partial charge on any atom is 0.263 e. The van der Waals surface area contributed by atoms with E-state index in [0.717, 1.165) is 42.2 Å². The molecule has 0 unspecified atom stereocenters. The Morgan fingerprint density at radius 2 is 1.92 bits per heavy atom. The number of amides is 1. The zero-order chi connectivity index (χ0) is 16.2. The fourth-order valence-corrected chi connectivity index (χ4v) is 3.73. The van der Waals surface area contributed by atoms with Gasteiger partial charge in [0, 0.05) is 12.5 Å². The largest absolute Gasteiger partial charge is 0.348 e. The van der Waals surface area contributed by atoms with Crippen LogP contribution in [0.15, 0.2) is 24.3 Å². The van der Waals surface area contributed by atoms with Crippen LogP contribution in [-0.2, 0) is 6.42 Å². The van der Waals surface area contributed by atoms with Crippen LogP contribution in [0.1, 0.15) is 38.8 Å². The first-order valence-corrected chi connectivity index (χ1v) is 8.66. The molecule has 2 aromatic rings. The molecule has 0 bridgehead atoms. The molecular formula is C17H22Cl2FN3OS. The molecule has 0 spiro atoms. The molecule has 2 heterocycles. The smallest absolute Gasteiger partial charge is 0.263 e. The highest BCUT2D eigenvalue weighted by Gasteiger charge is 2.20. The summed E-state index contributed by atoms with van der Waals surface area (Å²) in [5.74, 6) is -0.275. The van der Waals surface area contributed by atoms with Gasteiger partial charge in [0.2, 0.25) is 0 Å². The van der Waals surface area contributed by atoms with Crippen molar-refractivity contribution in [1.82, 2.24) is 15.6 Å². The summed E-state index contributed by atoms with van der Waals surface area (Å²) in [5, 5.41) is 7.27. The highest BCUT2D eigenvalue weighted by molar-refractivity contribution is 7.13. The molecule has 1 saturated heterocycles. The number of carbonyl (C=O) groups is 1. The Bertz CT molecular complexity index is 688. The SMILES string of the molecule is Cc1nc(Cc2ccc(F)cc2)sc1C(=O)NC1CCNCC1.Cl.Cl. The number of thiazole rings is 1. The lowest BCUT2D eigenvalue weighted by molar-refractivity contribution is 0.0933. The van der Waals surface area contributed by atoms with Crippen LogP contribution >= 0.6 is 36.2 Å². The minimum absolute atomic E-state index is 0. The third kappa shape index (κ3) is 5.92. The maximum atomic E-state index is 13.0. The highest BCUT2D eigenvalue weighted by atomic mass is 35.5. The van der Waals surface area contributed by atoms with Gasteiger partial charge in [-0.25, -0.2) is 9.37 Å². The number of halogens is 3. The number of piperidine rings is 1. The second kappa shape index (κ2) is 10.1. The van der Waals surface area contributed by atoms with Crippen molar-refractivity contribution in [2.45, 2.75) is 32.2 Å². The Morgan fingerprint density at radius 3 is 2.56 bits per heavy atom. The molecule has 1 fully saturated rings. The van der Waals surface area contributed by atoms with Crippen molar-refractivity contribution in [2.24, 2.45) is 0 Å². The first kappa shape index (κ1) is 21.8. The molecular weight excluding hydrogens is 384 g/mol. The van der Waals surface area contributed by atoms with E-state index in [0.29, 0.717) is 11.3 Å². The number of nitrogens with zero attached hydrogens (tertiary/aromatic N) is 1. The summed E-state index contributed by atoms with van der Waals surface area (Å²) < 4.78 is 13.0. The Hall–Kier alpha value is -1.21. The summed E-state index contributed by atoms with van der Waals surface area (Å²) in [7, 11) is 0. The summed E-state index contributed by atoms with van der Waals surface area (Å²) in [5.41, 5.74) is 1.75. The van der Waals surface area contributed by atoms with E-state index in [2.05, 4.69) is 15.6 Å². The van der Waals surface area contributed by atoms with E-state index < -0.39 is 0 Å². The second-order valence-electron chi connectivity index (χ2n) is 5.82. The van der Waals surface area contributed by atoms with E-state index in [1.807, 2.05) is 6.92 Å². The van der Waals surface area contributed by atoms with Crippen LogP contribution < -0.4 is 10.6 Å². The van der Waals surface area contributed by atoms with Crippen LogP contribution in [0.2, 0.25) is 0 Å². The fourth-order valence-electron chi connectivity index (χ4n) is 2.73. The quantitative estimate of drug-likeness (QED) is 0.817. The van der Waals surface area contributed by atoms with Gasteiger partial charge >= 0.3 is 0 Å². The van der Waals surface area contributed by atoms with E-state index in [9.17, 15) is 9.18 Å². The fraction of sp³-hybridized carbons (Fsp3) is 0.412. The minimum atomic E-state index is -0.244. The van der Waals surface area contributed by atoms with Gasteiger partial charge in [0.1, 0.15) is 10.7 Å². The first-order valence-electron chi connectivity index (χ1n) is 7.84. The molecule has 1 aromatic carbocycles. The van der Waals surface area contributed by atoms with Gasteiger partial charge in [-0.3, -0.25) is 4.79 Å². The summed E-state index contributed by atoms with van der Waals surface area (Å²) in [6, 6.07) is 6.63. The summed E-state index contributed by atoms with van der Waals surface area (Å²) in [6.07, 6.45) is 2.55. The Kier molecular flexibility index (Phi) is 8.79. The summed E-state index contributed by atoms with van der Waals surface area (Å²) in [4.78, 5) is 17.6. The van der Waals surface area contributed by atoms with E-state index in [-0.39, 0.29) is 42.6 Å². The third-order valence-corrected chi connectivity index (χ3v) is 5.15. The van der Waals surface area contributed by atoms with Gasteiger partial charge in [-0.15, -0.1) is 36.2 Å². The number of rotatable bonds is 4. The van der Waals surface area contributed by atoms with Crippen molar-refractivity contribution >= 4 is 42.1 Å².